The van der Waals surface area contributed by atoms with Crippen molar-refractivity contribution in [3.63, 3.8) is 0 Å². The molecular formula is C17H30N2O. The van der Waals surface area contributed by atoms with E-state index in [9.17, 15) is 4.79 Å². The van der Waals surface area contributed by atoms with E-state index >= 15 is 0 Å². The monoisotopic (exact) mass is 278 g/mol. The first-order valence-electron chi connectivity index (χ1n) is 8.63. The van der Waals surface area contributed by atoms with Gasteiger partial charge < -0.3 is 10.2 Å². The molecule has 3 nitrogen and oxygen atoms in total. The Hall–Kier alpha value is -0.570. The van der Waals surface area contributed by atoms with E-state index in [-0.39, 0.29) is 0 Å². The number of nitrogens with one attached hydrogen (secondary N) is 1. The van der Waals surface area contributed by atoms with Crippen LogP contribution >= 0.6 is 0 Å². The number of amides is 1. The van der Waals surface area contributed by atoms with Crippen molar-refractivity contribution >= 4 is 5.91 Å². The van der Waals surface area contributed by atoms with E-state index in [1.54, 1.807) is 0 Å². The van der Waals surface area contributed by atoms with Crippen molar-refractivity contribution in [3.8, 4) is 0 Å². The highest BCUT2D eigenvalue weighted by Crippen LogP contribution is 2.59. The molecule has 0 aromatic heterocycles. The van der Waals surface area contributed by atoms with Gasteiger partial charge in [0, 0.05) is 18.5 Å². The Labute approximate surface area is 123 Å². The summed E-state index contributed by atoms with van der Waals surface area (Å²) >= 11 is 0. The zero-order valence-electron chi connectivity index (χ0n) is 13.2. The zero-order chi connectivity index (χ0) is 14.2. The minimum absolute atomic E-state index is 0.359. The van der Waals surface area contributed by atoms with E-state index in [4.69, 9.17) is 0 Å². The summed E-state index contributed by atoms with van der Waals surface area (Å²) in [5, 5.41) is 3.43. The van der Waals surface area contributed by atoms with Crippen LogP contribution in [0, 0.1) is 17.3 Å². The number of carbonyl (C=O) groups excluding carboxylic acids is 1. The van der Waals surface area contributed by atoms with Crippen LogP contribution < -0.4 is 5.32 Å². The lowest BCUT2D eigenvalue weighted by atomic mass is 9.90. The van der Waals surface area contributed by atoms with Crippen LogP contribution in [0.25, 0.3) is 0 Å². The number of hydrogen-bond acceptors (Lipinski definition) is 2. The molecule has 1 spiro atoms. The van der Waals surface area contributed by atoms with Crippen molar-refractivity contribution in [1.29, 1.82) is 0 Å². The van der Waals surface area contributed by atoms with Gasteiger partial charge in [-0.25, -0.2) is 0 Å². The first-order valence-corrected chi connectivity index (χ1v) is 8.63. The van der Waals surface area contributed by atoms with Crippen LogP contribution in [0.5, 0.6) is 0 Å². The standard InChI is InChI=1S/C17H30N2O/c1-13(2)11-14-5-3-4-10-19(14)16(20)15-12-17(15)6-8-18-9-7-17/h13-15,18H,3-12H2,1-2H3. The molecule has 1 aliphatic carbocycles. The van der Waals surface area contributed by atoms with Crippen molar-refractivity contribution in [2.75, 3.05) is 19.6 Å². The summed E-state index contributed by atoms with van der Waals surface area (Å²) in [6.45, 7) is 7.80. The molecule has 1 saturated carbocycles. The van der Waals surface area contributed by atoms with Gasteiger partial charge in [-0.3, -0.25) is 4.79 Å². The van der Waals surface area contributed by atoms with Gasteiger partial charge in [-0.15, -0.1) is 0 Å². The molecule has 0 aromatic rings. The Bertz CT molecular complexity index is 360. The summed E-state index contributed by atoms with van der Waals surface area (Å²) in [7, 11) is 0. The normalized spacial score (nSPS) is 32.6. The van der Waals surface area contributed by atoms with Crippen molar-refractivity contribution in [3.05, 3.63) is 0 Å². The molecule has 2 aliphatic heterocycles. The molecule has 2 heterocycles. The lowest BCUT2D eigenvalue weighted by Crippen LogP contribution is -2.46. The number of likely N-dealkylation sites (tertiary alicyclic amines) is 1. The SMILES string of the molecule is CC(C)CC1CCCCN1C(=O)C1CC12CCNCC2. The number of hydrogen-bond donors (Lipinski definition) is 1. The molecule has 1 amide bonds. The van der Waals surface area contributed by atoms with Crippen LogP contribution in [0.1, 0.15) is 58.8 Å². The minimum atomic E-state index is 0.359. The molecule has 0 aromatic carbocycles. The third kappa shape index (κ3) is 2.74. The zero-order valence-corrected chi connectivity index (χ0v) is 13.2. The van der Waals surface area contributed by atoms with Crippen LogP contribution in [-0.4, -0.2) is 36.5 Å². The summed E-state index contributed by atoms with van der Waals surface area (Å²) in [6.07, 6.45) is 8.53. The number of nitrogens with zero attached hydrogens (tertiary/aromatic N) is 1. The van der Waals surface area contributed by atoms with Crippen molar-refractivity contribution in [2.45, 2.75) is 64.8 Å². The van der Waals surface area contributed by atoms with Gasteiger partial charge in [0.25, 0.3) is 0 Å². The van der Waals surface area contributed by atoms with Gasteiger partial charge in [0.2, 0.25) is 5.91 Å². The Morgan fingerprint density at radius 1 is 1.30 bits per heavy atom. The lowest BCUT2D eigenvalue weighted by Gasteiger charge is -2.38. The van der Waals surface area contributed by atoms with Crippen molar-refractivity contribution in [1.82, 2.24) is 10.2 Å². The molecule has 2 unspecified atom stereocenters. The van der Waals surface area contributed by atoms with Gasteiger partial charge in [0.1, 0.15) is 0 Å². The quantitative estimate of drug-likeness (QED) is 0.861. The molecule has 0 bridgehead atoms. The fraction of sp³-hybridized carbons (Fsp3) is 0.941. The van der Waals surface area contributed by atoms with Gasteiger partial charge >= 0.3 is 0 Å². The minimum Gasteiger partial charge on any atom is -0.339 e. The first kappa shape index (κ1) is 14.4. The van der Waals surface area contributed by atoms with E-state index < -0.39 is 0 Å². The first-order chi connectivity index (χ1) is 9.62. The highest BCUT2D eigenvalue weighted by Gasteiger charge is 2.59. The summed E-state index contributed by atoms with van der Waals surface area (Å²) in [5.41, 5.74) is 0.391. The molecule has 3 heteroatoms. The maximum Gasteiger partial charge on any atom is 0.226 e. The summed E-state index contributed by atoms with van der Waals surface area (Å²) in [4.78, 5) is 15.2. The van der Waals surface area contributed by atoms with Crippen LogP contribution in [0.4, 0.5) is 0 Å². The number of carbonyl (C=O) groups is 1. The second kappa shape index (κ2) is 5.67. The largest absolute Gasteiger partial charge is 0.339 e. The molecule has 3 fully saturated rings. The number of piperidine rings is 2. The maximum absolute atomic E-state index is 12.9. The molecular weight excluding hydrogens is 248 g/mol. The average Bonchev–Trinajstić information content (AvgIpc) is 3.12. The molecule has 20 heavy (non-hydrogen) atoms. The van der Waals surface area contributed by atoms with Gasteiger partial charge in [-0.2, -0.15) is 0 Å². The molecule has 2 saturated heterocycles. The predicted octanol–water partition coefficient (Wildman–Crippen LogP) is 2.80. The van der Waals surface area contributed by atoms with Crippen LogP contribution in [0.2, 0.25) is 0 Å². The molecule has 3 aliphatic rings. The second-order valence-corrected chi connectivity index (χ2v) is 7.68. The average molecular weight is 278 g/mol. The molecule has 114 valence electrons. The van der Waals surface area contributed by atoms with E-state index in [0.717, 1.165) is 19.6 Å². The van der Waals surface area contributed by atoms with Crippen LogP contribution in [0.3, 0.4) is 0 Å². The molecule has 2 atom stereocenters. The van der Waals surface area contributed by atoms with Crippen molar-refractivity contribution < 1.29 is 4.79 Å². The van der Waals surface area contributed by atoms with Crippen molar-refractivity contribution in [2.24, 2.45) is 17.3 Å². The number of rotatable bonds is 3. The smallest absolute Gasteiger partial charge is 0.226 e. The molecule has 0 radical (unpaired) electrons. The van der Waals surface area contributed by atoms with Crippen LogP contribution in [0.15, 0.2) is 0 Å². The highest BCUT2D eigenvalue weighted by molar-refractivity contribution is 5.83. The fourth-order valence-corrected chi connectivity index (χ4v) is 4.45. The van der Waals surface area contributed by atoms with Gasteiger partial charge in [0.05, 0.1) is 0 Å². The van der Waals surface area contributed by atoms with E-state index in [1.165, 1.54) is 44.9 Å². The van der Waals surface area contributed by atoms with E-state index in [1.807, 2.05) is 0 Å². The Morgan fingerprint density at radius 2 is 2.05 bits per heavy atom. The Kier molecular flexibility index (Phi) is 4.07. The lowest BCUT2D eigenvalue weighted by molar-refractivity contribution is -0.137. The highest BCUT2D eigenvalue weighted by atomic mass is 16.2. The molecule has 3 rings (SSSR count). The maximum atomic E-state index is 12.9. The molecule has 1 N–H and O–H groups in total. The summed E-state index contributed by atoms with van der Waals surface area (Å²) in [5.74, 6) is 1.55. The Morgan fingerprint density at radius 3 is 2.75 bits per heavy atom. The predicted molar refractivity (Wildman–Crippen MR) is 81.5 cm³/mol. The second-order valence-electron chi connectivity index (χ2n) is 7.68. The summed E-state index contributed by atoms with van der Waals surface area (Å²) in [6, 6.07) is 0.524. The third-order valence-electron chi connectivity index (χ3n) is 5.74. The fourth-order valence-electron chi connectivity index (χ4n) is 4.45. The summed E-state index contributed by atoms with van der Waals surface area (Å²) < 4.78 is 0. The van der Waals surface area contributed by atoms with E-state index in [2.05, 4.69) is 24.1 Å². The van der Waals surface area contributed by atoms with Crippen LogP contribution in [-0.2, 0) is 4.79 Å². The van der Waals surface area contributed by atoms with Gasteiger partial charge in [0.15, 0.2) is 0 Å². The van der Waals surface area contributed by atoms with Gasteiger partial charge in [-0.05, 0) is 69.4 Å². The topological polar surface area (TPSA) is 32.3 Å². The van der Waals surface area contributed by atoms with Gasteiger partial charge in [-0.1, -0.05) is 13.8 Å². The third-order valence-corrected chi connectivity index (χ3v) is 5.74. The van der Waals surface area contributed by atoms with E-state index in [0.29, 0.717) is 29.2 Å². The Balaban J connectivity index is 1.63.